The van der Waals surface area contributed by atoms with Gasteiger partial charge in [-0.2, -0.15) is 0 Å². The van der Waals surface area contributed by atoms with Crippen LogP contribution in [0, 0.1) is 17.4 Å². The van der Waals surface area contributed by atoms with Gasteiger partial charge in [-0.15, -0.1) is 11.5 Å². The molecule has 0 bridgehead atoms. The second kappa shape index (κ2) is 11.6. The molecule has 0 unspecified atom stereocenters. The molecule has 0 saturated carbocycles. The minimum Gasteiger partial charge on any atom is -0.414 e. The molecule has 3 atom stereocenters. The second-order valence-electron chi connectivity index (χ2n) is 14.6. The molecular formula is C26H56O3SSi3. The lowest BCUT2D eigenvalue weighted by atomic mass is 10.0. The van der Waals surface area contributed by atoms with Gasteiger partial charge in [-0.05, 0) is 57.0 Å². The minimum atomic E-state index is -2.05. The van der Waals surface area contributed by atoms with E-state index in [9.17, 15) is 4.21 Å². The van der Waals surface area contributed by atoms with Crippen LogP contribution in [0.4, 0.5) is 0 Å². The molecule has 0 fully saturated rings. The quantitative estimate of drug-likeness (QED) is 0.224. The molecule has 0 spiro atoms. The molecule has 0 aliphatic carbocycles. The van der Waals surface area contributed by atoms with Crippen LogP contribution in [0.25, 0.3) is 0 Å². The van der Waals surface area contributed by atoms with Crippen LogP contribution in [0.3, 0.4) is 0 Å². The Bertz CT molecular complexity index is 709. The normalized spacial score (nSPS) is 17.2. The van der Waals surface area contributed by atoms with Crippen LogP contribution in [0.15, 0.2) is 0 Å². The molecule has 0 aromatic carbocycles. The van der Waals surface area contributed by atoms with E-state index in [1.807, 2.05) is 0 Å². The van der Waals surface area contributed by atoms with Crippen molar-refractivity contribution in [1.29, 1.82) is 0 Å². The van der Waals surface area contributed by atoms with E-state index in [1.54, 1.807) is 0 Å². The Morgan fingerprint density at radius 1 is 0.788 bits per heavy atom. The zero-order valence-corrected chi connectivity index (χ0v) is 28.7. The summed E-state index contributed by atoms with van der Waals surface area (Å²) in [6.45, 7) is 36.4. The Morgan fingerprint density at radius 2 is 1.24 bits per heavy atom. The number of hydrogen-bond acceptors (Lipinski definition) is 3. The number of hydrogen-bond donors (Lipinski definition) is 0. The third-order valence-corrected chi connectivity index (χ3v) is 19.1. The smallest absolute Gasteiger partial charge is 0.192 e. The van der Waals surface area contributed by atoms with Gasteiger partial charge in [-0.25, -0.2) is 0 Å². The average Bonchev–Trinajstić information content (AvgIpc) is 2.53. The molecule has 0 rings (SSSR count). The van der Waals surface area contributed by atoms with Crippen LogP contribution in [-0.4, -0.2) is 52.1 Å². The molecule has 0 aromatic rings. The van der Waals surface area contributed by atoms with E-state index in [0.717, 1.165) is 0 Å². The molecule has 0 aromatic heterocycles. The summed E-state index contributed by atoms with van der Waals surface area (Å²) in [6.07, 6.45) is 0.619. The Kier molecular flexibility index (Phi) is 11.7. The molecule has 0 saturated heterocycles. The van der Waals surface area contributed by atoms with Gasteiger partial charge in [-0.3, -0.25) is 4.21 Å². The molecule has 196 valence electrons. The molecule has 0 heterocycles. The summed E-state index contributed by atoms with van der Waals surface area (Å²) >= 11 is 0. The maximum Gasteiger partial charge on any atom is 0.192 e. The Morgan fingerprint density at radius 3 is 1.61 bits per heavy atom. The van der Waals surface area contributed by atoms with Gasteiger partial charge in [0.15, 0.2) is 16.6 Å². The predicted octanol–water partition coefficient (Wildman–Crippen LogP) is 7.83. The van der Waals surface area contributed by atoms with Crippen LogP contribution in [-0.2, 0) is 19.7 Å². The second-order valence-corrected chi connectivity index (χ2v) is 31.2. The number of rotatable bonds is 9. The van der Waals surface area contributed by atoms with Gasteiger partial charge in [0.2, 0.25) is 0 Å². The maximum absolute atomic E-state index is 13.3. The Labute approximate surface area is 213 Å². The lowest BCUT2D eigenvalue weighted by Crippen LogP contribution is -2.50. The Hall–Kier alpha value is 0.281. The van der Waals surface area contributed by atoms with Crippen LogP contribution < -0.4 is 0 Å². The lowest BCUT2D eigenvalue weighted by molar-refractivity contribution is 0.0694. The van der Waals surface area contributed by atoms with Crippen LogP contribution in [0.5, 0.6) is 0 Å². The van der Waals surface area contributed by atoms with Crippen LogP contribution in [0.2, 0.25) is 55.9 Å². The van der Waals surface area contributed by atoms with Gasteiger partial charge in [-0.1, -0.05) is 61.2 Å². The van der Waals surface area contributed by atoms with E-state index in [4.69, 9.17) is 8.85 Å². The fourth-order valence-electron chi connectivity index (χ4n) is 2.52. The standard InChI is InChI=1S/C26H56O3SSi3/c1-24(2,3)30(27)21-22(18-17-19-31(10,11)12)23(29-33(15,16)26(7,8)9)20-28-32(13,14)25(4,5)6/h22-23H,18,20-21H2,1-16H3/t22-,23-,30-/m1/s1. The first-order valence-electron chi connectivity index (χ1n) is 12.5. The highest BCUT2D eigenvalue weighted by molar-refractivity contribution is 7.86. The molecule has 7 heteroatoms. The highest BCUT2D eigenvalue weighted by Crippen LogP contribution is 2.40. The third kappa shape index (κ3) is 11.7. The van der Waals surface area contributed by atoms with E-state index in [-0.39, 0.29) is 26.8 Å². The van der Waals surface area contributed by atoms with E-state index in [2.05, 4.69) is 120 Å². The van der Waals surface area contributed by atoms with Crippen molar-refractivity contribution in [1.82, 2.24) is 0 Å². The van der Waals surface area contributed by atoms with Crippen molar-refractivity contribution >= 4 is 35.5 Å². The maximum atomic E-state index is 13.3. The van der Waals surface area contributed by atoms with Crippen molar-refractivity contribution in [2.45, 2.75) is 135 Å². The molecule has 0 aliphatic rings. The predicted molar refractivity (Wildman–Crippen MR) is 157 cm³/mol. The molecular weight excluding hydrogens is 477 g/mol. The molecule has 0 aliphatic heterocycles. The van der Waals surface area contributed by atoms with E-state index in [1.165, 1.54) is 0 Å². The summed E-state index contributed by atoms with van der Waals surface area (Å²) in [6, 6.07) is 0. The molecule has 0 radical (unpaired) electrons. The highest BCUT2D eigenvalue weighted by atomic mass is 32.2. The summed E-state index contributed by atoms with van der Waals surface area (Å²) in [5.74, 6) is 4.17. The van der Waals surface area contributed by atoms with Crippen molar-refractivity contribution < 1.29 is 13.1 Å². The highest BCUT2D eigenvalue weighted by Gasteiger charge is 2.43. The van der Waals surface area contributed by atoms with Crippen molar-refractivity contribution in [3.8, 4) is 11.5 Å². The largest absolute Gasteiger partial charge is 0.414 e. The first-order valence-corrected chi connectivity index (χ1v) is 23.1. The first kappa shape index (κ1) is 33.3. The molecule has 33 heavy (non-hydrogen) atoms. The SMILES string of the molecule is CC(C)(C)[S@](=O)C[C@@H](CC#C[Si](C)(C)C)[C@@H](CO[Si](C)(C)C(C)(C)C)O[Si](C)(C)C(C)(C)C. The molecule has 0 N–H and O–H groups in total. The van der Waals surface area contributed by atoms with Crippen LogP contribution in [0.1, 0.15) is 68.7 Å². The minimum absolute atomic E-state index is 0.0906. The lowest BCUT2D eigenvalue weighted by Gasteiger charge is -2.43. The van der Waals surface area contributed by atoms with Gasteiger partial charge in [0, 0.05) is 33.6 Å². The summed E-state index contributed by atoms with van der Waals surface area (Å²) in [5.41, 5.74) is 3.52. The van der Waals surface area contributed by atoms with Crippen molar-refractivity contribution in [2.75, 3.05) is 12.4 Å². The van der Waals surface area contributed by atoms with E-state index in [0.29, 0.717) is 18.8 Å². The van der Waals surface area contributed by atoms with Gasteiger partial charge in [0.25, 0.3) is 0 Å². The monoisotopic (exact) mass is 532 g/mol. The van der Waals surface area contributed by atoms with Gasteiger partial charge in [0.05, 0.1) is 12.7 Å². The fraction of sp³-hybridized carbons (Fsp3) is 0.923. The van der Waals surface area contributed by atoms with Gasteiger partial charge in [0.1, 0.15) is 8.07 Å². The van der Waals surface area contributed by atoms with E-state index < -0.39 is 35.5 Å². The average molecular weight is 533 g/mol. The van der Waals surface area contributed by atoms with Crippen molar-refractivity contribution in [3.63, 3.8) is 0 Å². The molecule has 3 nitrogen and oxygen atoms in total. The molecule has 0 amide bonds. The first-order chi connectivity index (χ1) is 14.3. The zero-order valence-electron chi connectivity index (χ0n) is 24.9. The summed E-state index contributed by atoms with van der Waals surface area (Å²) in [4.78, 5) is 0. The van der Waals surface area contributed by atoms with Crippen molar-refractivity contribution in [2.24, 2.45) is 5.92 Å². The third-order valence-electron chi connectivity index (χ3n) is 7.07. The van der Waals surface area contributed by atoms with Crippen molar-refractivity contribution in [3.05, 3.63) is 0 Å². The van der Waals surface area contributed by atoms with E-state index >= 15 is 0 Å². The topological polar surface area (TPSA) is 35.5 Å². The summed E-state index contributed by atoms with van der Waals surface area (Å²) in [5, 5.41) is 0.232. The Balaban J connectivity index is 6.23. The van der Waals surface area contributed by atoms with Gasteiger partial charge >= 0.3 is 0 Å². The zero-order chi connectivity index (χ0) is 26.7. The van der Waals surface area contributed by atoms with Gasteiger partial charge < -0.3 is 8.85 Å². The summed E-state index contributed by atoms with van der Waals surface area (Å²) < 4.78 is 26.7. The summed E-state index contributed by atoms with van der Waals surface area (Å²) in [7, 11) is -6.44. The fourth-order valence-corrected chi connectivity index (χ4v) is 6.76. The van der Waals surface area contributed by atoms with Crippen LogP contribution >= 0.6 is 0 Å².